The van der Waals surface area contributed by atoms with Gasteiger partial charge in [-0.2, -0.15) is 0 Å². The van der Waals surface area contributed by atoms with Gasteiger partial charge in [0.25, 0.3) is 0 Å². The van der Waals surface area contributed by atoms with Gasteiger partial charge in [-0.05, 0) is 51.4 Å². The summed E-state index contributed by atoms with van der Waals surface area (Å²) in [5, 5.41) is 23.1. The normalized spacial score (nSPS) is 12.7. The SMILES string of the molecule is CCCCCCCCC/C=C\CCCCCCCCCC(=O)OCCCCCCCCCCCCCCCC(=O)NC(CO)C(O)CCCCCCCCCCCC. The van der Waals surface area contributed by atoms with E-state index in [1.165, 1.54) is 199 Å². The Morgan fingerprint density at radius 1 is 0.466 bits per heavy atom. The van der Waals surface area contributed by atoms with Crippen molar-refractivity contribution in [3.8, 4) is 0 Å². The van der Waals surface area contributed by atoms with E-state index in [1.807, 2.05) is 0 Å². The van der Waals surface area contributed by atoms with Crippen LogP contribution in [0.3, 0.4) is 0 Å². The molecule has 344 valence electrons. The molecule has 0 radical (unpaired) electrons. The number of hydrogen-bond donors (Lipinski definition) is 3. The lowest BCUT2D eigenvalue weighted by Gasteiger charge is -2.22. The number of ether oxygens (including phenoxy) is 1. The van der Waals surface area contributed by atoms with Crippen LogP contribution in [0.2, 0.25) is 0 Å². The van der Waals surface area contributed by atoms with Gasteiger partial charge < -0.3 is 20.3 Å². The lowest BCUT2D eigenvalue weighted by Crippen LogP contribution is -2.45. The molecule has 0 rings (SSSR count). The fourth-order valence-corrected chi connectivity index (χ4v) is 8.05. The number of allylic oxidation sites excluding steroid dienone is 2. The Labute approximate surface area is 361 Å². The zero-order valence-electron chi connectivity index (χ0n) is 39.0. The highest BCUT2D eigenvalue weighted by atomic mass is 16.5. The standard InChI is InChI=1S/C52H101NO5/c1-3-5-7-9-11-13-15-16-17-18-19-20-23-26-30-34-38-42-46-52(57)58-47-43-39-35-31-27-24-21-22-25-29-33-37-41-45-51(56)53-49(48-54)50(55)44-40-36-32-28-14-12-10-8-6-4-2/h17-18,49-50,54-55H,3-16,19-48H2,1-2H3,(H,53,56)/b18-17-. The van der Waals surface area contributed by atoms with Crippen molar-refractivity contribution in [3.05, 3.63) is 12.2 Å². The Balaban J connectivity index is 3.41. The summed E-state index contributed by atoms with van der Waals surface area (Å²) in [6, 6.07) is -0.549. The summed E-state index contributed by atoms with van der Waals surface area (Å²) < 4.78 is 5.47. The van der Waals surface area contributed by atoms with Crippen LogP contribution in [0, 0.1) is 0 Å². The van der Waals surface area contributed by atoms with Crippen LogP contribution in [0.4, 0.5) is 0 Å². The minimum atomic E-state index is -0.670. The number of amides is 1. The molecule has 0 bridgehead atoms. The Hall–Kier alpha value is -1.40. The average Bonchev–Trinajstić information content (AvgIpc) is 3.22. The number of unbranched alkanes of at least 4 members (excludes halogenated alkanes) is 35. The quantitative estimate of drug-likeness (QED) is 0.0323. The number of nitrogens with one attached hydrogen (secondary N) is 1. The van der Waals surface area contributed by atoms with Gasteiger partial charge >= 0.3 is 5.97 Å². The van der Waals surface area contributed by atoms with Crippen LogP contribution in [0.15, 0.2) is 12.2 Å². The average molecular weight is 820 g/mol. The molecule has 3 N–H and O–H groups in total. The Morgan fingerprint density at radius 3 is 1.22 bits per heavy atom. The first kappa shape index (κ1) is 56.6. The van der Waals surface area contributed by atoms with Crippen LogP contribution >= 0.6 is 0 Å². The van der Waals surface area contributed by atoms with Gasteiger partial charge in [0.2, 0.25) is 5.91 Å². The minimum absolute atomic E-state index is 0.00840. The van der Waals surface area contributed by atoms with Gasteiger partial charge in [-0.25, -0.2) is 0 Å². The van der Waals surface area contributed by atoms with Gasteiger partial charge in [0.15, 0.2) is 0 Å². The van der Waals surface area contributed by atoms with Gasteiger partial charge in [0.05, 0.1) is 25.4 Å². The molecular formula is C52H101NO5. The van der Waals surface area contributed by atoms with Crippen LogP contribution in [-0.4, -0.2) is 47.4 Å². The minimum Gasteiger partial charge on any atom is -0.466 e. The second kappa shape index (κ2) is 48.3. The molecule has 0 saturated carbocycles. The number of hydrogen-bond acceptors (Lipinski definition) is 5. The third kappa shape index (κ3) is 44.2. The number of esters is 1. The number of aliphatic hydroxyl groups excluding tert-OH is 2. The Kier molecular flexibility index (Phi) is 47.1. The second-order valence-corrected chi connectivity index (χ2v) is 17.9. The number of carbonyl (C=O) groups excluding carboxylic acids is 2. The highest BCUT2D eigenvalue weighted by molar-refractivity contribution is 5.76. The third-order valence-electron chi connectivity index (χ3n) is 12.1. The largest absolute Gasteiger partial charge is 0.466 e. The van der Waals surface area contributed by atoms with E-state index in [2.05, 4.69) is 31.3 Å². The number of rotatable bonds is 48. The van der Waals surface area contributed by atoms with Crippen molar-refractivity contribution >= 4 is 11.9 Å². The highest BCUT2D eigenvalue weighted by Gasteiger charge is 2.20. The predicted molar refractivity (Wildman–Crippen MR) is 250 cm³/mol. The molecule has 0 fully saturated rings. The van der Waals surface area contributed by atoms with Crippen molar-refractivity contribution in [2.24, 2.45) is 0 Å². The van der Waals surface area contributed by atoms with Gasteiger partial charge in [-0.1, -0.05) is 231 Å². The fourth-order valence-electron chi connectivity index (χ4n) is 8.05. The molecule has 0 aromatic carbocycles. The van der Waals surface area contributed by atoms with E-state index in [-0.39, 0.29) is 18.5 Å². The molecule has 2 atom stereocenters. The molecule has 0 aliphatic rings. The molecule has 0 spiro atoms. The molecule has 6 heteroatoms. The van der Waals surface area contributed by atoms with E-state index in [0.717, 1.165) is 51.4 Å². The van der Waals surface area contributed by atoms with Crippen molar-refractivity contribution in [2.75, 3.05) is 13.2 Å². The van der Waals surface area contributed by atoms with Gasteiger partial charge in [-0.3, -0.25) is 9.59 Å². The molecular weight excluding hydrogens is 719 g/mol. The second-order valence-electron chi connectivity index (χ2n) is 17.9. The topological polar surface area (TPSA) is 95.9 Å². The van der Waals surface area contributed by atoms with E-state index in [1.54, 1.807) is 0 Å². The smallest absolute Gasteiger partial charge is 0.305 e. The first-order chi connectivity index (χ1) is 28.5. The summed E-state index contributed by atoms with van der Waals surface area (Å²) in [6.07, 6.45) is 54.7. The van der Waals surface area contributed by atoms with Crippen LogP contribution in [-0.2, 0) is 14.3 Å². The monoisotopic (exact) mass is 820 g/mol. The van der Waals surface area contributed by atoms with Gasteiger partial charge in [0.1, 0.15) is 0 Å². The summed E-state index contributed by atoms with van der Waals surface area (Å²) in [6.45, 7) is 4.91. The summed E-state index contributed by atoms with van der Waals surface area (Å²) in [5.74, 6) is -0.0576. The van der Waals surface area contributed by atoms with Crippen molar-refractivity contribution in [3.63, 3.8) is 0 Å². The Bertz CT molecular complexity index is 863. The summed E-state index contributed by atoms with van der Waals surface area (Å²) in [7, 11) is 0. The van der Waals surface area contributed by atoms with Crippen LogP contribution < -0.4 is 5.32 Å². The van der Waals surface area contributed by atoms with Crippen molar-refractivity contribution in [1.29, 1.82) is 0 Å². The molecule has 0 heterocycles. The van der Waals surface area contributed by atoms with E-state index in [4.69, 9.17) is 4.74 Å². The van der Waals surface area contributed by atoms with Crippen LogP contribution in [0.25, 0.3) is 0 Å². The molecule has 1 amide bonds. The molecule has 0 aliphatic carbocycles. The summed E-state index contributed by atoms with van der Waals surface area (Å²) in [4.78, 5) is 24.5. The van der Waals surface area contributed by atoms with E-state index >= 15 is 0 Å². The number of carbonyl (C=O) groups is 2. The molecule has 6 nitrogen and oxygen atoms in total. The van der Waals surface area contributed by atoms with E-state index < -0.39 is 12.1 Å². The molecule has 0 saturated heterocycles. The lowest BCUT2D eigenvalue weighted by atomic mass is 10.0. The van der Waals surface area contributed by atoms with Crippen molar-refractivity contribution < 1.29 is 24.5 Å². The lowest BCUT2D eigenvalue weighted by molar-refractivity contribution is -0.143. The highest BCUT2D eigenvalue weighted by Crippen LogP contribution is 2.16. The fraction of sp³-hybridized carbons (Fsp3) is 0.923. The van der Waals surface area contributed by atoms with Crippen LogP contribution in [0.1, 0.15) is 284 Å². The molecule has 0 aromatic heterocycles. The maximum absolute atomic E-state index is 12.4. The third-order valence-corrected chi connectivity index (χ3v) is 12.1. The molecule has 58 heavy (non-hydrogen) atoms. The van der Waals surface area contributed by atoms with Crippen molar-refractivity contribution in [2.45, 2.75) is 296 Å². The zero-order chi connectivity index (χ0) is 42.3. The summed E-state index contributed by atoms with van der Waals surface area (Å²) in [5.41, 5.74) is 0. The van der Waals surface area contributed by atoms with E-state index in [9.17, 15) is 19.8 Å². The first-order valence-electron chi connectivity index (χ1n) is 25.9. The Morgan fingerprint density at radius 2 is 0.810 bits per heavy atom. The van der Waals surface area contributed by atoms with Gasteiger partial charge in [0, 0.05) is 12.8 Å². The maximum atomic E-state index is 12.4. The van der Waals surface area contributed by atoms with Crippen LogP contribution in [0.5, 0.6) is 0 Å². The number of aliphatic hydroxyl groups is 2. The zero-order valence-corrected chi connectivity index (χ0v) is 39.0. The van der Waals surface area contributed by atoms with E-state index in [0.29, 0.717) is 25.9 Å². The summed E-state index contributed by atoms with van der Waals surface area (Å²) >= 11 is 0. The van der Waals surface area contributed by atoms with Crippen molar-refractivity contribution in [1.82, 2.24) is 5.32 Å². The predicted octanol–water partition coefficient (Wildman–Crippen LogP) is 15.3. The first-order valence-corrected chi connectivity index (χ1v) is 25.9. The maximum Gasteiger partial charge on any atom is 0.305 e. The van der Waals surface area contributed by atoms with Gasteiger partial charge in [-0.15, -0.1) is 0 Å². The molecule has 0 aliphatic heterocycles. The molecule has 2 unspecified atom stereocenters. The molecule has 0 aromatic rings.